The van der Waals surface area contributed by atoms with E-state index in [1.54, 1.807) is 14.2 Å². The van der Waals surface area contributed by atoms with E-state index >= 15 is 0 Å². The van der Waals surface area contributed by atoms with Crippen LogP contribution in [0, 0.1) is 0 Å². The van der Waals surface area contributed by atoms with Crippen LogP contribution in [0.2, 0.25) is 0 Å². The van der Waals surface area contributed by atoms with Crippen LogP contribution in [0.1, 0.15) is 38.4 Å². The second-order valence-corrected chi connectivity index (χ2v) is 7.33. The Morgan fingerprint density at radius 3 is 2.28 bits per heavy atom. The Hall–Kier alpha value is -2.02. The molecule has 1 saturated heterocycles. The minimum Gasteiger partial charge on any atom is -0.497 e. The summed E-state index contributed by atoms with van der Waals surface area (Å²) >= 11 is 1.51. The van der Waals surface area contributed by atoms with Gasteiger partial charge in [0.25, 0.3) is 0 Å². The van der Waals surface area contributed by atoms with Gasteiger partial charge in [-0.3, -0.25) is 0 Å². The minimum absolute atomic E-state index is 0.382. The van der Waals surface area contributed by atoms with Crippen LogP contribution in [-0.4, -0.2) is 42.7 Å². The molecule has 0 atom stereocenters. The first-order valence-corrected chi connectivity index (χ1v) is 9.44. The highest BCUT2D eigenvalue weighted by Gasteiger charge is 2.22. The highest BCUT2D eigenvalue weighted by molar-refractivity contribution is 7.09. The molecule has 1 aliphatic heterocycles. The molecule has 0 spiro atoms. The van der Waals surface area contributed by atoms with E-state index in [4.69, 9.17) is 9.47 Å². The van der Waals surface area contributed by atoms with Crippen LogP contribution in [0.4, 0.5) is 10.8 Å². The maximum atomic E-state index is 5.34. The number of piperidine rings is 1. The molecule has 0 bridgehead atoms. The van der Waals surface area contributed by atoms with E-state index in [2.05, 4.69) is 33.4 Å². The number of hydrogen-bond donors (Lipinski definition) is 1. The maximum absolute atomic E-state index is 5.34. The van der Waals surface area contributed by atoms with E-state index < -0.39 is 0 Å². The van der Waals surface area contributed by atoms with Crippen molar-refractivity contribution in [2.75, 3.05) is 37.5 Å². The Bertz CT molecular complexity index is 674. The summed E-state index contributed by atoms with van der Waals surface area (Å²) in [4.78, 5) is 7.01. The van der Waals surface area contributed by atoms with Crippen molar-refractivity contribution in [1.29, 1.82) is 0 Å². The highest BCUT2D eigenvalue weighted by atomic mass is 32.1. The molecular formula is C18H26N4O2S. The van der Waals surface area contributed by atoms with Crippen molar-refractivity contribution < 1.29 is 9.47 Å². The van der Waals surface area contributed by atoms with Crippen molar-refractivity contribution in [3.05, 3.63) is 24.0 Å². The lowest BCUT2D eigenvalue weighted by Crippen LogP contribution is -2.39. The summed E-state index contributed by atoms with van der Waals surface area (Å²) in [6.45, 7) is 6.24. The number of aromatic nitrogens is 2. The second kappa shape index (κ2) is 7.91. The topological polar surface area (TPSA) is 59.5 Å². The van der Waals surface area contributed by atoms with Gasteiger partial charge in [0.1, 0.15) is 17.3 Å². The van der Waals surface area contributed by atoms with E-state index in [1.165, 1.54) is 11.5 Å². The summed E-state index contributed by atoms with van der Waals surface area (Å²) in [6.07, 6.45) is 2.13. The molecule has 1 aromatic heterocycles. The zero-order valence-electron chi connectivity index (χ0n) is 15.3. The number of methoxy groups -OCH3 is 2. The Labute approximate surface area is 153 Å². The van der Waals surface area contributed by atoms with Crippen LogP contribution >= 0.6 is 11.5 Å². The fraction of sp³-hybridized carbons (Fsp3) is 0.556. The lowest BCUT2D eigenvalue weighted by Gasteiger charge is -2.32. The monoisotopic (exact) mass is 362 g/mol. The number of rotatable bonds is 6. The molecule has 2 heterocycles. The summed E-state index contributed by atoms with van der Waals surface area (Å²) in [6, 6.07) is 6.34. The van der Waals surface area contributed by atoms with Crippen molar-refractivity contribution >= 4 is 22.4 Å². The molecule has 0 amide bonds. The summed E-state index contributed by atoms with van der Waals surface area (Å²) in [5, 5.41) is 4.65. The molecule has 6 nitrogen and oxygen atoms in total. The molecule has 2 aromatic rings. The van der Waals surface area contributed by atoms with Gasteiger partial charge in [0.05, 0.1) is 14.2 Å². The van der Waals surface area contributed by atoms with Crippen LogP contribution in [0.25, 0.3) is 0 Å². The summed E-state index contributed by atoms with van der Waals surface area (Å²) in [5.74, 6) is 2.93. The van der Waals surface area contributed by atoms with Crippen molar-refractivity contribution in [2.24, 2.45) is 0 Å². The van der Waals surface area contributed by atoms with Gasteiger partial charge in [-0.25, -0.2) is 4.98 Å². The Kier molecular flexibility index (Phi) is 5.63. The molecule has 7 heteroatoms. The number of benzene rings is 1. The number of hydrogen-bond acceptors (Lipinski definition) is 7. The van der Waals surface area contributed by atoms with E-state index in [1.807, 2.05) is 18.2 Å². The first-order valence-electron chi connectivity index (χ1n) is 8.67. The van der Waals surface area contributed by atoms with Crippen molar-refractivity contribution in [3.63, 3.8) is 0 Å². The number of nitrogens with zero attached hydrogens (tertiary/aromatic N) is 3. The summed E-state index contributed by atoms with van der Waals surface area (Å²) in [7, 11) is 3.34. The quantitative estimate of drug-likeness (QED) is 0.844. The molecule has 1 N–H and O–H groups in total. The summed E-state index contributed by atoms with van der Waals surface area (Å²) < 4.78 is 15.1. The zero-order valence-corrected chi connectivity index (χ0v) is 16.1. The molecule has 0 saturated carbocycles. The Morgan fingerprint density at radius 2 is 1.76 bits per heavy atom. The first-order chi connectivity index (χ1) is 12.1. The molecule has 1 aliphatic rings. The van der Waals surface area contributed by atoms with E-state index in [9.17, 15) is 0 Å². The molecule has 1 aromatic carbocycles. The standard InChI is InChI=1S/C18H26N4O2S/c1-12(2)17-20-18(25-21-17)22-7-5-13(6-8-22)19-14-9-15(23-3)11-16(10-14)24-4/h9-13,19H,5-8H2,1-4H3. The Balaban J connectivity index is 1.59. The van der Waals surface area contributed by atoms with E-state index in [-0.39, 0.29) is 0 Å². The average Bonchev–Trinajstić information content (AvgIpc) is 3.12. The van der Waals surface area contributed by atoms with Crippen molar-refractivity contribution in [2.45, 2.75) is 38.6 Å². The van der Waals surface area contributed by atoms with Gasteiger partial charge in [-0.05, 0) is 12.8 Å². The molecule has 136 valence electrons. The lowest BCUT2D eigenvalue weighted by atomic mass is 10.0. The van der Waals surface area contributed by atoms with Crippen LogP contribution in [0.5, 0.6) is 11.5 Å². The number of ether oxygens (including phenoxy) is 2. The third kappa shape index (κ3) is 4.34. The van der Waals surface area contributed by atoms with E-state index in [0.717, 1.165) is 54.1 Å². The summed E-state index contributed by atoms with van der Waals surface area (Å²) in [5.41, 5.74) is 1.03. The predicted molar refractivity (Wildman–Crippen MR) is 102 cm³/mol. The molecule has 3 rings (SSSR count). The molecular weight excluding hydrogens is 336 g/mol. The van der Waals surface area contributed by atoms with Crippen LogP contribution in [0.15, 0.2) is 18.2 Å². The lowest BCUT2D eigenvalue weighted by molar-refractivity contribution is 0.394. The number of anilines is 2. The van der Waals surface area contributed by atoms with Gasteiger partial charge >= 0.3 is 0 Å². The third-order valence-electron chi connectivity index (χ3n) is 4.44. The van der Waals surface area contributed by atoms with Gasteiger partial charge in [-0.1, -0.05) is 13.8 Å². The van der Waals surface area contributed by atoms with Gasteiger partial charge in [-0.2, -0.15) is 4.37 Å². The van der Waals surface area contributed by atoms with Gasteiger partial charge in [0.2, 0.25) is 5.13 Å². The maximum Gasteiger partial charge on any atom is 0.205 e. The van der Waals surface area contributed by atoms with Crippen LogP contribution in [-0.2, 0) is 0 Å². The van der Waals surface area contributed by atoms with Crippen molar-refractivity contribution in [1.82, 2.24) is 9.36 Å². The largest absolute Gasteiger partial charge is 0.497 e. The van der Waals surface area contributed by atoms with Crippen LogP contribution in [0.3, 0.4) is 0 Å². The molecule has 25 heavy (non-hydrogen) atoms. The van der Waals surface area contributed by atoms with E-state index in [0.29, 0.717) is 12.0 Å². The van der Waals surface area contributed by atoms with Gasteiger partial charge in [-0.15, -0.1) is 0 Å². The SMILES string of the molecule is COc1cc(NC2CCN(c3nc(C(C)C)ns3)CC2)cc(OC)c1. The van der Waals surface area contributed by atoms with Gasteiger partial charge in [0.15, 0.2) is 0 Å². The molecule has 0 radical (unpaired) electrons. The fourth-order valence-corrected chi connectivity index (χ4v) is 3.79. The van der Waals surface area contributed by atoms with Gasteiger partial charge < -0.3 is 19.7 Å². The average molecular weight is 362 g/mol. The highest BCUT2D eigenvalue weighted by Crippen LogP contribution is 2.29. The fourth-order valence-electron chi connectivity index (χ4n) is 2.93. The molecule has 0 aliphatic carbocycles. The second-order valence-electron chi connectivity index (χ2n) is 6.60. The first kappa shape index (κ1) is 17.8. The van der Waals surface area contributed by atoms with Gasteiger partial charge in [0, 0.05) is 60.5 Å². The number of nitrogens with one attached hydrogen (secondary N) is 1. The zero-order chi connectivity index (χ0) is 17.8. The smallest absolute Gasteiger partial charge is 0.205 e. The minimum atomic E-state index is 0.382. The predicted octanol–water partition coefficient (Wildman–Crippen LogP) is 3.76. The van der Waals surface area contributed by atoms with Crippen LogP contribution < -0.4 is 19.7 Å². The third-order valence-corrected chi connectivity index (χ3v) is 5.23. The Morgan fingerprint density at radius 1 is 1.12 bits per heavy atom. The van der Waals surface area contributed by atoms with Crippen molar-refractivity contribution in [3.8, 4) is 11.5 Å². The molecule has 1 fully saturated rings. The normalized spacial score (nSPS) is 15.5. The molecule has 0 unspecified atom stereocenters.